The second-order valence-electron chi connectivity index (χ2n) is 4.23. The summed E-state index contributed by atoms with van der Waals surface area (Å²) in [6.07, 6.45) is 1.33. The predicted octanol–water partition coefficient (Wildman–Crippen LogP) is 4.26. The first-order valence-electron chi connectivity index (χ1n) is 6.06. The molecule has 0 bridgehead atoms. The van der Waals surface area contributed by atoms with Gasteiger partial charge in [-0.05, 0) is 12.1 Å². The van der Waals surface area contributed by atoms with Gasteiger partial charge in [0, 0.05) is 11.6 Å². The summed E-state index contributed by atoms with van der Waals surface area (Å²) in [5.74, 6) is 0. The molecule has 0 unspecified atom stereocenters. The molecule has 0 aromatic heterocycles. The van der Waals surface area contributed by atoms with Gasteiger partial charge < -0.3 is 0 Å². The van der Waals surface area contributed by atoms with Crippen molar-refractivity contribution < 1.29 is 9.85 Å². The molecule has 0 radical (unpaired) electrons. The van der Waals surface area contributed by atoms with E-state index in [1.807, 2.05) is 0 Å². The third-order valence-corrected chi connectivity index (χ3v) is 3.59. The van der Waals surface area contributed by atoms with Crippen molar-refractivity contribution in [2.75, 3.05) is 5.43 Å². The molecule has 2 rings (SSSR count). The molecule has 0 fully saturated rings. The van der Waals surface area contributed by atoms with Gasteiger partial charge in [-0.3, -0.25) is 25.7 Å². The van der Waals surface area contributed by atoms with Crippen molar-refractivity contribution in [2.45, 2.75) is 0 Å². The average molecular weight is 355 g/mol. The number of rotatable bonds is 5. The smallest absolute Gasteiger partial charge is 0.272 e. The molecular weight excluding hydrogens is 347 g/mol. The van der Waals surface area contributed by atoms with Crippen molar-refractivity contribution in [2.24, 2.45) is 5.10 Å². The van der Waals surface area contributed by atoms with Gasteiger partial charge in [0.25, 0.3) is 5.69 Å². The molecule has 0 amide bonds. The Morgan fingerprint density at radius 1 is 1.09 bits per heavy atom. The Bertz CT molecular complexity index is 811. The summed E-state index contributed by atoms with van der Waals surface area (Å²) in [6.45, 7) is 0. The zero-order valence-corrected chi connectivity index (χ0v) is 12.8. The van der Waals surface area contributed by atoms with E-state index in [0.717, 1.165) is 12.1 Å². The molecule has 0 heterocycles. The van der Waals surface area contributed by atoms with Crippen LogP contribution in [0.5, 0.6) is 0 Å². The lowest BCUT2D eigenvalue weighted by Crippen LogP contribution is -1.99. The summed E-state index contributed by atoms with van der Waals surface area (Å²) < 4.78 is 0. The first-order chi connectivity index (χ1) is 10.9. The van der Waals surface area contributed by atoms with Gasteiger partial charge >= 0.3 is 5.69 Å². The van der Waals surface area contributed by atoms with Crippen molar-refractivity contribution in [3.63, 3.8) is 0 Å². The van der Waals surface area contributed by atoms with E-state index in [9.17, 15) is 20.2 Å². The Morgan fingerprint density at radius 2 is 1.83 bits per heavy atom. The van der Waals surface area contributed by atoms with Crippen LogP contribution in [0.2, 0.25) is 10.0 Å². The molecule has 118 valence electrons. The molecule has 2 aromatic rings. The van der Waals surface area contributed by atoms with E-state index in [-0.39, 0.29) is 16.4 Å². The van der Waals surface area contributed by atoms with Gasteiger partial charge in [0.2, 0.25) is 0 Å². The number of nitro groups is 2. The standard InChI is InChI=1S/C13H8Cl2N4O4/c14-10-3-1-2-8(13(10)15)7-16-17-11-5-4-9(18(20)21)6-12(11)19(22)23/h1-7,17H. The molecule has 0 aliphatic rings. The van der Waals surface area contributed by atoms with Crippen molar-refractivity contribution in [3.05, 3.63) is 72.2 Å². The molecule has 0 aliphatic heterocycles. The Morgan fingerprint density at radius 3 is 2.48 bits per heavy atom. The third-order valence-electron chi connectivity index (χ3n) is 2.76. The number of nitrogens with zero attached hydrogens (tertiary/aromatic N) is 3. The molecule has 0 saturated carbocycles. The lowest BCUT2D eigenvalue weighted by atomic mass is 10.2. The summed E-state index contributed by atoms with van der Waals surface area (Å²) in [7, 11) is 0. The lowest BCUT2D eigenvalue weighted by Gasteiger charge is -2.03. The summed E-state index contributed by atoms with van der Waals surface area (Å²) in [4.78, 5) is 20.2. The molecule has 0 saturated heterocycles. The zero-order chi connectivity index (χ0) is 17.0. The number of hydrogen-bond donors (Lipinski definition) is 1. The van der Waals surface area contributed by atoms with Gasteiger partial charge in [-0.2, -0.15) is 5.10 Å². The van der Waals surface area contributed by atoms with Crippen LogP contribution in [0, 0.1) is 20.2 Å². The number of nitrogens with one attached hydrogen (secondary N) is 1. The quantitative estimate of drug-likeness (QED) is 0.489. The fourth-order valence-electron chi connectivity index (χ4n) is 1.67. The second kappa shape index (κ2) is 7.03. The number of anilines is 1. The predicted molar refractivity (Wildman–Crippen MR) is 87.4 cm³/mol. The molecule has 10 heteroatoms. The number of benzene rings is 2. The SMILES string of the molecule is O=[N+]([O-])c1ccc(NN=Cc2cccc(Cl)c2Cl)c([N+](=O)[O-])c1. The van der Waals surface area contributed by atoms with Gasteiger partial charge in [-0.15, -0.1) is 0 Å². The average Bonchev–Trinajstić information content (AvgIpc) is 2.51. The van der Waals surface area contributed by atoms with Crippen LogP contribution in [0.1, 0.15) is 5.56 Å². The number of hydrogen-bond acceptors (Lipinski definition) is 6. The van der Waals surface area contributed by atoms with Crippen molar-refractivity contribution >= 4 is 46.5 Å². The third kappa shape index (κ3) is 3.93. The van der Waals surface area contributed by atoms with Crippen molar-refractivity contribution in [3.8, 4) is 0 Å². The van der Waals surface area contributed by atoms with Crippen molar-refractivity contribution in [1.82, 2.24) is 0 Å². The first-order valence-corrected chi connectivity index (χ1v) is 6.81. The van der Waals surface area contributed by atoms with Gasteiger partial charge in [-0.25, -0.2) is 0 Å². The monoisotopic (exact) mass is 354 g/mol. The van der Waals surface area contributed by atoms with Gasteiger partial charge in [-0.1, -0.05) is 35.3 Å². The molecule has 0 aliphatic carbocycles. The van der Waals surface area contributed by atoms with E-state index in [4.69, 9.17) is 23.2 Å². The normalized spacial score (nSPS) is 10.7. The number of nitro benzene ring substituents is 2. The van der Waals surface area contributed by atoms with Crippen LogP contribution in [0.3, 0.4) is 0 Å². The van der Waals surface area contributed by atoms with E-state index in [1.54, 1.807) is 18.2 Å². The maximum atomic E-state index is 11.0. The van der Waals surface area contributed by atoms with E-state index < -0.39 is 15.5 Å². The zero-order valence-electron chi connectivity index (χ0n) is 11.3. The number of halogens is 2. The van der Waals surface area contributed by atoms with Gasteiger partial charge in [0.1, 0.15) is 5.69 Å². The fourth-order valence-corrected chi connectivity index (χ4v) is 2.03. The molecule has 8 nitrogen and oxygen atoms in total. The molecule has 0 spiro atoms. The minimum Gasteiger partial charge on any atom is -0.272 e. The van der Waals surface area contributed by atoms with Crippen LogP contribution < -0.4 is 5.43 Å². The van der Waals surface area contributed by atoms with E-state index in [0.29, 0.717) is 10.6 Å². The summed E-state index contributed by atoms with van der Waals surface area (Å²) >= 11 is 11.8. The summed E-state index contributed by atoms with van der Waals surface area (Å²) in [6, 6.07) is 8.12. The maximum Gasteiger partial charge on any atom is 0.301 e. The largest absolute Gasteiger partial charge is 0.301 e. The summed E-state index contributed by atoms with van der Waals surface area (Å²) in [5, 5.41) is 26.1. The van der Waals surface area contributed by atoms with Crippen LogP contribution in [-0.2, 0) is 0 Å². The first kappa shape index (κ1) is 16.7. The second-order valence-corrected chi connectivity index (χ2v) is 5.01. The van der Waals surface area contributed by atoms with Crippen LogP contribution in [0.15, 0.2) is 41.5 Å². The molecule has 0 atom stereocenters. The van der Waals surface area contributed by atoms with Crippen LogP contribution >= 0.6 is 23.2 Å². The minimum absolute atomic E-state index is 0.00926. The highest BCUT2D eigenvalue weighted by Gasteiger charge is 2.19. The van der Waals surface area contributed by atoms with Crippen LogP contribution in [0.4, 0.5) is 17.1 Å². The van der Waals surface area contributed by atoms with Gasteiger partial charge in [0.15, 0.2) is 0 Å². The molecule has 2 aromatic carbocycles. The Kier molecular flexibility index (Phi) is 5.09. The van der Waals surface area contributed by atoms with Crippen LogP contribution in [-0.4, -0.2) is 16.1 Å². The maximum absolute atomic E-state index is 11.0. The molecular formula is C13H8Cl2N4O4. The Balaban J connectivity index is 2.26. The summed E-state index contributed by atoms with van der Waals surface area (Å²) in [5.41, 5.74) is 2.13. The van der Waals surface area contributed by atoms with E-state index in [1.165, 1.54) is 12.3 Å². The fraction of sp³-hybridized carbons (Fsp3) is 0. The van der Waals surface area contributed by atoms with Gasteiger partial charge in [0.05, 0.1) is 32.2 Å². The van der Waals surface area contributed by atoms with Crippen LogP contribution in [0.25, 0.3) is 0 Å². The number of hydrazone groups is 1. The highest BCUT2D eigenvalue weighted by atomic mass is 35.5. The molecule has 23 heavy (non-hydrogen) atoms. The topological polar surface area (TPSA) is 111 Å². The highest BCUT2D eigenvalue weighted by molar-refractivity contribution is 6.43. The van der Waals surface area contributed by atoms with E-state index in [2.05, 4.69) is 10.5 Å². The highest BCUT2D eigenvalue weighted by Crippen LogP contribution is 2.29. The Hall–Kier alpha value is -2.71. The minimum atomic E-state index is -0.739. The van der Waals surface area contributed by atoms with E-state index >= 15 is 0 Å². The lowest BCUT2D eigenvalue weighted by molar-refractivity contribution is -0.393. The number of non-ortho nitro benzene ring substituents is 1. The van der Waals surface area contributed by atoms with Crippen molar-refractivity contribution in [1.29, 1.82) is 0 Å². The Labute approximate surface area is 139 Å². The molecule has 1 N–H and O–H groups in total.